The summed E-state index contributed by atoms with van der Waals surface area (Å²) >= 11 is 7.99. The summed E-state index contributed by atoms with van der Waals surface area (Å²) in [5.41, 5.74) is 2.43. The third kappa shape index (κ3) is 3.42. The summed E-state index contributed by atoms with van der Waals surface area (Å²) in [6.07, 6.45) is 1.02. The van der Waals surface area contributed by atoms with Crippen LogP contribution in [0.1, 0.15) is 27.7 Å². The number of carbonyl (C=O) groups excluding carboxylic acids is 1. The van der Waals surface area contributed by atoms with E-state index in [2.05, 4.69) is 41.8 Å². The average Bonchev–Trinajstić information content (AvgIpc) is 3.30. The van der Waals surface area contributed by atoms with Crippen molar-refractivity contribution in [1.82, 2.24) is 4.90 Å². The number of amides is 1. The van der Waals surface area contributed by atoms with Crippen molar-refractivity contribution in [3.63, 3.8) is 0 Å². The monoisotopic (exact) mass is 374 g/mol. The van der Waals surface area contributed by atoms with Crippen LogP contribution >= 0.6 is 22.9 Å². The van der Waals surface area contributed by atoms with E-state index in [0.29, 0.717) is 11.8 Å². The Labute approximate surface area is 158 Å². The highest BCUT2D eigenvalue weighted by Crippen LogP contribution is 2.50. The van der Waals surface area contributed by atoms with Gasteiger partial charge in [-0.15, -0.1) is 11.3 Å². The topological polar surface area (TPSA) is 23.6 Å². The van der Waals surface area contributed by atoms with E-state index in [1.54, 1.807) is 0 Å². The van der Waals surface area contributed by atoms with E-state index in [9.17, 15) is 4.79 Å². The molecule has 25 heavy (non-hydrogen) atoms. The fraction of sp³-hybridized carbons (Fsp3) is 0.450. The molecule has 0 spiro atoms. The van der Waals surface area contributed by atoms with E-state index < -0.39 is 0 Å². The first-order valence-electron chi connectivity index (χ1n) is 8.89. The summed E-state index contributed by atoms with van der Waals surface area (Å²) in [5.74, 6) is 1.01. The van der Waals surface area contributed by atoms with Crippen LogP contribution in [-0.2, 0) is 4.79 Å². The Kier molecular flexibility index (Phi) is 4.50. The highest BCUT2D eigenvalue weighted by atomic mass is 35.5. The lowest BCUT2D eigenvalue weighted by atomic mass is 10.1. The van der Waals surface area contributed by atoms with Crippen LogP contribution in [-0.4, -0.2) is 37.0 Å². The molecule has 2 aliphatic rings. The number of halogens is 1. The van der Waals surface area contributed by atoms with Crippen LogP contribution in [0, 0.1) is 19.8 Å². The van der Waals surface area contributed by atoms with E-state index in [0.717, 1.165) is 37.6 Å². The van der Waals surface area contributed by atoms with Crippen molar-refractivity contribution in [1.29, 1.82) is 0 Å². The van der Waals surface area contributed by atoms with Crippen molar-refractivity contribution in [2.75, 3.05) is 31.1 Å². The number of thiophene rings is 1. The fourth-order valence-electron chi connectivity index (χ4n) is 3.76. The number of aryl methyl sites for hydroxylation is 2. The van der Waals surface area contributed by atoms with Gasteiger partial charge >= 0.3 is 0 Å². The lowest BCUT2D eigenvalue weighted by Crippen LogP contribution is -2.49. The number of anilines is 1. The van der Waals surface area contributed by atoms with Crippen molar-refractivity contribution in [3.8, 4) is 0 Å². The maximum Gasteiger partial charge on any atom is 0.226 e. The summed E-state index contributed by atoms with van der Waals surface area (Å²) in [5, 5.41) is 0.770. The molecule has 1 aliphatic heterocycles. The van der Waals surface area contributed by atoms with E-state index in [1.165, 1.54) is 21.0 Å². The second-order valence-corrected chi connectivity index (χ2v) is 8.90. The highest BCUT2D eigenvalue weighted by Gasteiger charge is 2.46. The molecule has 3 nitrogen and oxygen atoms in total. The minimum absolute atomic E-state index is 0.206. The van der Waals surface area contributed by atoms with Crippen molar-refractivity contribution >= 4 is 34.5 Å². The van der Waals surface area contributed by atoms with Gasteiger partial charge in [-0.25, -0.2) is 0 Å². The second-order valence-electron chi connectivity index (χ2n) is 7.14. The molecular weight excluding hydrogens is 352 g/mol. The van der Waals surface area contributed by atoms with Gasteiger partial charge in [-0.05, 0) is 50.1 Å². The molecule has 1 aromatic carbocycles. The molecule has 4 rings (SSSR count). The third-order valence-electron chi connectivity index (χ3n) is 5.34. The first kappa shape index (κ1) is 16.9. The fourth-order valence-corrected chi connectivity index (χ4v) is 4.98. The summed E-state index contributed by atoms with van der Waals surface area (Å²) < 4.78 is 0. The molecular formula is C20H23ClN2OS. The lowest BCUT2D eigenvalue weighted by molar-refractivity contribution is -0.132. The van der Waals surface area contributed by atoms with Gasteiger partial charge < -0.3 is 9.80 Å². The van der Waals surface area contributed by atoms with Crippen molar-refractivity contribution in [3.05, 3.63) is 50.7 Å². The number of hydrogen-bond acceptors (Lipinski definition) is 3. The van der Waals surface area contributed by atoms with Crippen LogP contribution in [0.15, 0.2) is 30.3 Å². The smallest absolute Gasteiger partial charge is 0.226 e. The van der Waals surface area contributed by atoms with Crippen LogP contribution < -0.4 is 4.90 Å². The maximum atomic E-state index is 12.8. The third-order valence-corrected chi connectivity index (χ3v) is 6.71. The van der Waals surface area contributed by atoms with Crippen molar-refractivity contribution in [2.24, 2.45) is 5.92 Å². The zero-order valence-corrected chi connectivity index (χ0v) is 16.2. The van der Waals surface area contributed by atoms with Gasteiger partial charge in [-0.2, -0.15) is 0 Å². The SMILES string of the molecule is Cc1ccc(C2C[C@@H]2C(=O)N2CCN(c3cc(Cl)ccc3C)CC2)s1. The quantitative estimate of drug-likeness (QED) is 0.791. The normalized spacial score (nSPS) is 23.0. The molecule has 132 valence electrons. The van der Waals surface area contributed by atoms with Crippen LogP contribution in [0.4, 0.5) is 5.69 Å². The molecule has 2 heterocycles. The summed E-state index contributed by atoms with van der Waals surface area (Å²) in [7, 11) is 0. The lowest BCUT2D eigenvalue weighted by Gasteiger charge is -2.37. The van der Waals surface area contributed by atoms with Crippen LogP contribution in [0.25, 0.3) is 0 Å². The Balaban J connectivity index is 1.36. The van der Waals surface area contributed by atoms with E-state index in [1.807, 2.05) is 23.5 Å². The minimum Gasteiger partial charge on any atom is -0.368 e. The number of nitrogens with zero attached hydrogens (tertiary/aromatic N) is 2. The highest BCUT2D eigenvalue weighted by molar-refractivity contribution is 7.12. The number of rotatable bonds is 3. The summed E-state index contributed by atoms with van der Waals surface area (Å²) in [6.45, 7) is 7.60. The van der Waals surface area contributed by atoms with Crippen molar-refractivity contribution in [2.45, 2.75) is 26.2 Å². The molecule has 0 N–H and O–H groups in total. The number of benzene rings is 1. The first-order chi connectivity index (χ1) is 12.0. The molecule has 1 saturated carbocycles. The molecule has 1 aliphatic carbocycles. The minimum atomic E-state index is 0.206. The van der Waals surface area contributed by atoms with Gasteiger partial charge in [0.25, 0.3) is 0 Å². The van der Waals surface area contributed by atoms with Gasteiger partial charge in [0.1, 0.15) is 0 Å². The Morgan fingerprint density at radius 2 is 1.88 bits per heavy atom. The summed E-state index contributed by atoms with van der Waals surface area (Å²) in [6, 6.07) is 10.4. The molecule has 1 unspecified atom stereocenters. The molecule has 5 heteroatoms. The van der Waals surface area contributed by atoms with Crippen LogP contribution in [0.2, 0.25) is 5.02 Å². The van der Waals surface area contributed by atoms with Gasteiger partial charge in [-0.1, -0.05) is 17.7 Å². The Hall–Kier alpha value is -1.52. The van der Waals surface area contributed by atoms with Crippen LogP contribution in [0.3, 0.4) is 0 Å². The number of hydrogen-bond donors (Lipinski definition) is 0. The molecule has 0 bridgehead atoms. The Bertz CT molecular complexity index is 795. The molecule has 1 aromatic heterocycles. The zero-order valence-electron chi connectivity index (χ0n) is 14.7. The van der Waals surface area contributed by atoms with E-state index in [4.69, 9.17) is 11.6 Å². The standard InChI is InChI=1S/C20H23ClN2OS/c1-13-3-5-15(21)11-18(13)22-7-9-23(10-8-22)20(24)17-12-16(17)19-6-4-14(2)25-19/h3-6,11,16-17H,7-10,12H2,1-2H3/t16?,17-/m0/s1. The van der Waals surface area contributed by atoms with Gasteiger partial charge in [0, 0.05) is 58.5 Å². The Morgan fingerprint density at radius 1 is 1.12 bits per heavy atom. The van der Waals surface area contributed by atoms with Gasteiger partial charge in [0.2, 0.25) is 5.91 Å². The van der Waals surface area contributed by atoms with E-state index in [-0.39, 0.29) is 5.92 Å². The Morgan fingerprint density at radius 3 is 2.56 bits per heavy atom. The zero-order chi connectivity index (χ0) is 17.6. The molecule has 2 fully saturated rings. The van der Waals surface area contributed by atoms with E-state index >= 15 is 0 Å². The number of carbonyl (C=O) groups is 1. The average molecular weight is 375 g/mol. The second kappa shape index (κ2) is 6.65. The summed E-state index contributed by atoms with van der Waals surface area (Å²) in [4.78, 5) is 19.9. The van der Waals surface area contributed by atoms with Crippen molar-refractivity contribution < 1.29 is 4.79 Å². The van der Waals surface area contributed by atoms with Crippen LogP contribution in [0.5, 0.6) is 0 Å². The predicted octanol–water partition coefficient (Wildman–Crippen LogP) is 4.47. The van der Waals surface area contributed by atoms with Gasteiger partial charge in [-0.3, -0.25) is 4.79 Å². The molecule has 1 amide bonds. The molecule has 0 radical (unpaired) electrons. The van der Waals surface area contributed by atoms with Gasteiger partial charge in [0.05, 0.1) is 0 Å². The first-order valence-corrected chi connectivity index (χ1v) is 10.1. The maximum absolute atomic E-state index is 12.8. The molecule has 2 aromatic rings. The van der Waals surface area contributed by atoms with Gasteiger partial charge in [0.15, 0.2) is 0 Å². The predicted molar refractivity (Wildman–Crippen MR) is 105 cm³/mol. The molecule has 1 saturated heterocycles. The number of piperazine rings is 1. The largest absolute Gasteiger partial charge is 0.368 e. The molecule has 2 atom stereocenters.